The molecule has 0 saturated heterocycles. The lowest BCUT2D eigenvalue weighted by Gasteiger charge is -2.18. The van der Waals surface area contributed by atoms with Crippen LogP contribution >= 0.6 is 0 Å². The van der Waals surface area contributed by atoms with Crippen molar-refractivity contribution in [1.29, 1.82) is 0 Å². The molecular weight excluding hydrogens is 289 g/mol. The highest BCUT2D eigenvalue weighted by atomic mass is 16.5. The van der Waals surface area contributed by atoms with Crippen LogP contribution in [0.2, 0.25) is 0 Å². The molecule has 0 saturated carbocycles. The third-order valence-corrected chi connectivity index (χ3v) is 4.26. The van der Waals surface area contributed by atoms with Crippen LogP contribution in [0.15, 0.2) is 48.5 Å². The first-order chi connectivity index (χ1) is 10.7. The molecule has 0 atom stereocenters. The molecule has 0 spiro atoms. The monoisotopic (exact) mass is 311 g/mol. The van der Waals surface area contributed by atoms with Gasteiger partial charge in [0, 0.05) is 0 Å². The molecule has 4 nitrogen and oxygen atoms in total. The van der Waals surface area contributed by atoms with Gasteiger partial charge in [0.05, 0.1) is 0 Å². The van der Waals surface area contributed by atoms with Gasteiger partial charge in [0.1, 0.15) is 0 Å². The second-order valence-electron chi connectivity index (χ2n) is 5.64. The van der Waals surface area contributed by atoms with Crippen LogP contribution in [0.25, 0.3) is 21.5 Å². The van der Waals surface area contributed by atoms with Crippen LogP contribution in [0, 0.1) is 0 Å². The van der Waals surface area contributed by atoms with Gasteiger partial charge in [-0.3, -0.25) is 0 Å². The van der Waals surface area contributed by atoms with E-state index < -0.39 is 7.32 Å². The van der Waals surface area contributed by atoms with Gasteiger partial charge in [-0.15, -0.1) is 0 Å². The molecule has 0 heterocycles. The van der Waals surface area contributed by atoms with Crippen molar-refractivity contribution in [3.05, 3.63) is 59.7 Å². The van der Waals surface area contributed by atoms with Gasteiger partial charge >= 0.3 is 7.32 Å². The van der Waals surface area contributed by atoms with Crippen LogP contribution in [0.4, 0.5) is 0 Å². The van der Waals surface area contributed by atoms with Gasteiger partial charge < -0.3 is 21.2 Å². The van der Waals surface area contributed by atoms with Gasteiger partial charge in [-0.2, -0.15) is 0 Å². The number of rotatable bonds is 0. The molecule has 23 heavy (non-hydrogen) atoms. The second-order valence-corrected chi connectivity index (χ2v) is 5.64. The normalized spacial score (nSPS) is 12.8. The quantitative estimate of drug-likeness (QED) is 0.379. The Kier molecular flexibility index (Phi) is 5.74. The molecule has 3 aromatic rings. The van der Waals surface area contributed by atoms with Crippen molar-refractivity contribution in [2.75, 3.05) is 0 Å². The first kappa shape index (κ1) is 17.4. The average molecular weight is 311 g/mol. The zero-order chi connectivity index (χ0) is 15.5. The largest absolute Gasteiger partial charge is 0.631 e. The predicted octanol–water partition coefficient (Wildman–Crippen LogP) is 2.98. The summed E-state index contributed by atoms with van der Waals surface area (Å²) in [6.45, 7) is 0. The van der Waals surface area contributed by atoms with Crippen molar-refractivity contribution in [3.63, 3.8) is 0 Å². The van der Waals surface area contributed by atoms with Crippen LogP contribution < -0.4 is 6.15 Å². The minimum absolute atomic E-state index is 0. The molecule has 0 radical (unpaired) electrons. The summed E-state index contributed by atoms with van der Waals surface area (Å²) in [7, 11) is -2.17. The first-order valence-corrected chi connectivity index (χ1v) is 7.63. The van der Waals surface area contributed by atoms with Gasteiger partial charge in [0.25, 0.3) is 0 Å². The molecule has 3 aromatic carbocycles. The van der Waals surface area contributed by atoms with Crippen LogP contribution in [0.3, 0.4) is 0 Å². The summed E-state index contributed by atoms with van der Waals surface area (Å²) in [6.07, 6.45) is 5.22. The van der Waals surface area contributed by atoms with Gasteiger partial charge in [0.15, 0.2) is 0 Å². The van der Waals surface area contributed by atoms with E-state index in [9.17, 15) is 0 Å². The summed E-state index contributed by atoms with van der Waals surface area (Å²) in [5, 5.41) is 27.1. The van der Waals surface area contributed by atoms with Crippen molar-refractivity contribution in [1.82, 2.24) is 6.15 Å². The first-order valence-electron chi connectivity index (χ1n) is 7.63. The van der Waals surface area contributed by atoms with E-state index in [2.05, 4.69) is 48.5 Å². The van der Waals surface area contributed by atoms with E-state index in [0.29, 0.717) is 0 Å². The molecule has 0 fully saturated rings. The smallest absolute Gasteiger partial charge is 0.402 e. The Labute approximate surface area is 136 Å². The van der Waals surface area contributed by atoms with E-state index in [1.807, 2.05) is 0 Å². The number of aryl methyl sites for hydroxylation is 2. The Morgan fingerprint density at radius 3 is 2.13 bits per heavy atom. The molecule has 0 bridgehead atoms. The number of hydrogen-bond acceptors (Lipinski definition) is 4. The Morgan fingerprint density at radius 2 is 1.35 bits per heavy atom. The fraction of sp³-hybridized carbons (Fsp3) is 0.222. The fourth-order valence-electron chi connectivity index (χ4n) is 3.34. The van der Waals surface area contributed by atoms with Crippen molar-refractivity contribution >= 4 is 28.9 Å². The van der Waals surface area contributed by atoms with E-state index in [4.69, 9.17) is 15.1 Å². The van der Waals surface area contributed by atoms with E-state index in [0.717, 1.165) is 0 Å². The number of fused-ring (bicyclic) bond motifs is 5. The predicted molar refractivity (Wildman–Crippen MR) is 95.5 cm³/mol. The van der Waals surface area contributed by atoms with E-state index >= 15 is 0 Å². The van der Waals surface area contributed by atoms with Crippen LogP contribution in [0.1, 0.15) is 24.0 Å². The van der Waals surface area contributed by atoms with Crippen LogP contribution in [-0.4, -0.2) is 22.4 Å². The topological polar surface area (TPSA) is 95.7 Å². The molecule has 0 aliphatic heterocycles. The van der Waals surface area contributed by atoms with E-state index in [1.54, 1.807) is 11.1 Å². The Morgan fingerprint density at radius 1 is 0.696 bits per heavy atom. The van der Waals surface area contributed by atoms with Gasteiger partial charge in [-0.25, -0.2) is 0 Å². The van der Waals surface area contributed by atoms with Gasteiger partial charge in [-0.1, -0.05) is 48.5 Å². The maximum Gasteiger partial charge on any atom is 0.631 e. The fourth-order valence-corrected chi connectivity index (χ4v) is 3.34. The summed E-state index contributed by atoms with van der Waals surface area (Å²) < 4.78 is 0. The number of hydrogen-bond donors (Lipinski definition) is 4. The van der Waals surface area contributed by atoms with E-state index in [-0.39, 0.29) is 6.15 Å². The average Bonchev–Trinajstić information content (AvgIpc) is 2.54. The highest BCUT2D eigenvalue weighted by Crippen LogP contribution is 2.33. The van der Waals surface area contributed by atoms with Gasteiger partial charge in [-0.05, 0) is 58.4 Å². The van der Waals surface area contributed by atoms with Gasteiger partial charge in [0.2, 0.25) is 0 Å². The maximum atomic E-state index is 7.17. The Bertz CT molecular complexity index is 802. The lowest BCUT2D eigenvalue weighted by atomic mass is 9.86. The summed E-state index contributed by atoms with van der Waals surface area (Å²) in [5.41, 5.74) is 3.17. The van der Waals surface area contributed by atoms with Crippen LogP contribution in [0.5, 0.6) is 0 Å². The Balaban J connectivity index is 0.000000349. The molecule has 1 aliphatic carbocycles. The van der Waals surface area contributed by atoms with Crippen molar-refractivity contribution in [3.8, 4) is 0 Å². The summed E-state index contributed by atoms with van der Waals surface area (Å²) in [4.78, 5) is 0. The molecule has 6 N–H and O–H groups in total. The molecular formula is C18H22BNO3. The van der Waals surface area contributed by atoms with E-state index in [1.165, 1.54) is 47.2 Å². The Hall–Kier alpha value is -1.92. The van der Waals surface area contributed by atoms with Crippen molar-refractivity contribution < 1.29 is 15.1 Å². The zero-order valence-corrected chi connectivity index (χ0v) is 13.1. The molecule has 4 rings (SSSR count). The minimum atomic E-state index is -2.17. The molecule has 0 amide bonds. The van der Waals surface area contributed by atoms with Crippen molar-refractivity contribution in [2.45, 2.75) is 25.7 Å². The molecule has 0 aromatic heterocycles. The highest BCUT2D eigenvalue weighted by Gasteiger charge is 2.13. The highest BCUT2D eigenvalue weighted by molar-refractivity contribution is 6.30. The lowest BCUT2D eigenvalue weighted by molar-refractivity contribution is 0.278. The molecule has 120 valence electrons. The lowest BCUT2D eigenvalue weighted by Crippen LogP contribution is -2.07. The van der Waals surface area contributed by atoms with Crippen molar-refractivity contribution in [2.24, 2.45) is 0 Å². The third kappa shape index (κ3) is 3.71. The molecule has 0 unspecified atom stereocenters. The molecule has 1 aliphatic rings. The number of benzene rings is 3. The summed E-state index contributed by atoms with van der Waals surface area (Å²) in [6, 6.07) is 18.0. The second kappa shape index (κ2) is 7.57. The zero-order valence-electron chi connectivity index (χ0n) is 13.1. The molecule has 5 heteroatoms. The SMILES string of the molecule is N.OB(O)O.c1ccc2c(c1)ccc1c3c(ccc12)CCCC3. The third-order valence-electron chi connectivity index (χ3n) is 4.26. The standard InChI is InChI=1S/C18H16.BH3O3.H3N/c1-3-7-15-13(5-1)9-11-18-16-8-4-2-6-14(16)10-12-17(15)18;2-1(3)4;/h1,3,5,7,9-12H,2,4,6,8H2;2-4H;1H3. The maximum absolute atomic E-state index is 7.17. The minimum Gasteiger partial charge on any atom is -0.402 e. The summed E-state index contributed by atoms with van der Waals surface area (Å²) >= 11 is 0. The summed E-state index contributed by atoms with van der Waals surface area (Å²) in [5.74, 6) is 0. The van der Waals surface area contributed by atoms with Crippen LogP contribution in [-0.2, 0) is 12.8 Å².